The van der Waals surface area contributed by atoms with Crippen molar-refractivity contribution in [2.45, 2.75) is 26.7 Å². The predicted molar refractivity (Wildman–Crippen MR) is 116 cm³/mol. The number of rotatable bonds is 5. The van der Waals surface area contributed by atoms with Gasteiger partial charge in [0, 0.05) is 37.6 Å². The van der Waals surface area contributed by atoms with Gasteiger partial charge in [-0.3, -0.25) is 0 Å². The van der Waals surface area contributed by atoms with E-state index in [1.54, 1.807) is 24.3 Å². The number of piperazine rings is 1. The lowest BCUT2D eigenvalue weighted by Gasteiger charge is -2.38. The molecule has 1 N–H and O–H groups in total. The Labute approximate surface area is 172 Å². The van der Waals surface area contributed by atoms with Gasteiger partial charge >= 0.3 is 12.0 Å². The highest BCUT2D eigenvalue weighted by Crippen LogP contribution is 2.28. The number of nitrogens with one attached hydrogen (secondary N) is 1. The standard InChI is InChI=1S/C23H29N3O3/c1-4-17-8-6-9-18(5-2)21(17)25-12-14-26(15-13-25)23(28)24-20-11-7-10-19(16-20)22(27)29-3/h6-11,16H,4-5,12-15H2,1-3H3,(H,24,28). The van der Waals surface area contributed by atoms with Crippen LogP contribution in [0.1, 0.15) is 35.3 Å². The minimum atomic E-state index is -0.420. The average Bonchev–Trinajstić information content (AvgIpc) is 2.78. The second kappa shape index (κ2) is 9.45. The molecular formula is C23H29N3O3. The zero-order valence-electron chi connectivity index (χ0n) is 17.4. The van der Waals surface area contributed by atoms with Crippen molar-refractivity contribution in [3.8, 4) is 0 Å². The van der Waals surface area contributed by atoms with E-state index < -0.39 is 5.97 Å². The third-order valence-corrected chi connectivity index (χ3v) is 5.38. The molecule has 0 unspecified atom stereocenters. The fraction of sp³-hybridized carbons (Fsp3) is 0.391. The summed E-state index contributed by atoms with van der Waals surface area (Å²) in [5, 5.41) is 2.89. The molecular weight excluding hydrogens is 366 g/mol. The first kappa shape index (κ1) is 20.7. The molecule has 0 saturated carbocycles. The molecule has 0 aliphatic carbocycles. The van der Waals surface area contributed by atoms with Crippen LogP contribution in [0.4, 0.5) is 16.2 Å². The van der Waals surface area contributed by atoms with E-state index in [1.165, 1.54) is 23.9 Å². The molecule has 0 bridgehead atoms. The monoisotopic (exact) mass is 395 g/mol. The van der Waals surface area contributed by atoms with Crippen LogP contribution >= 0.6 is 0 Å². The van der Waals surface area contributed by atoms with E-state index in [1.807, 2.05) is 4.90 Å². The van der Waals surface area contributed by atoms with E-state index in [-0.39, 0.29) is 6.03 Å². The van der Waals surface area contributed by atoms with Gasteiger partial charge in [-0.1, -0.05) is 38.1 Å². The topological polar surface area (TPSA) is 61.9 Å². The summed E-state index contributed by atoms with van der Waals surface area (Å²) in [5.74, 6) is -0.420. The Bertz CT molecular complexity index is 851. The average molecular weight is 396 g/mol. The third-order valence-electron chi connectivity index (χ3n) is 5.38. The summed E-state index contributed by atoms with van der Waals surface area (Å²) in [6.45, 7) is 7.29. The van der Waals surface area contributed by atoms with Gasteiger partial charge in [-0.15, -0.1) is 0 Å². The van der Waals surface area contributed by atoms with E-state index in [0.717, 1.165) is 25.9 Å². The number of methoxy groups -OCH3 is 1. The number of hydrogen-bond donors (Lipinski definition) is 1. The molecule has 6 nitrogen and oxygen atoms in total. The molecule has 0 aromatic heterocycles. The minimum Gasteiger partial charge on any atom is -0.465 e. The van der Waals surface area contributed by atoms with Gasteiger partial charge in [0.1, 0.15) is 0 Å². The lowest BCUT2D eigenvalue weighted by molar-refractivity contribution is 0.0600. The molecule has 2 aromatic carbocycles. The number of amides is 2. The van der Waals surface area contributed by atoms with Crippen LogP contribution in [0.2, 0.25) is 0 Å². The maximum atomic E-state index is 12.7. The maximum Gasteiger partial charge on any atom is 0.337 e. The number of carbonyl (C=O) groups excluding carboxylic acids is 2. The Morgan fingerprint density at radius 2 is 1.59 bits per heavy atom. The highest BCUT2D eigenvalue weighted by molar-refractivity contribution is 5.94. The van der Waals surface area contributed by atoms with Crippen LogP contribution in [0.25, 0.3) is 0 Å². The van der Waals surface area contributed by atoms with Crippen molar-refractivity contribution < 1.29 is 14.3 Å². The zero-order chi connectivity index (χ0) is 20.8. The molecule has 3 rings (SSSR count). The van der Waals surface area contributed by atoms with Crippen molar-refractivity contribution in [2.75, 3.05) is 43.5 Å². The molecule has 1 saturated heterocycles. The number of ether oxygens (including phenoxy) is 1. The van der Waals surface area contributed by atoms with E-state index in [0.29, 0.717) is 24.3 Å². The van der Waals surface area contributed by atoms with Gasteiger partial charge in [-0.2, -0.15) is 0 Å². The Hall–Kier alpha value is -3.02. The van der Waals surface area contributed by atoms with Gasteiger partial charge in [0.15, 0.2) is 0 Å². The Balaban J connectivity index is 1.64. The quantitative estimate of drug-likeness (QED) is 0.779. The zero-order valence-corrected chi connectivity index (χ0v) is 17.4. The van der Waals surface area contributed by atoms with Crippen LogP contribution < -0.4 is 10.2 Å². The molecule has 0 atom stereocenters. The van der Waals surface area contributed by atoms with E-state index in [9.17, 15) is 9.59 Å². The minimum absolute atomic E-state index is 0.147. The number of anilines is 2. The summed E-state index contributed by atoms with van der Waals surface area (Å²) in [4.78, 5) is 28.6. The molecule has 6 heteroatoms. The predicted octanol–water partition coefficient (Wildman–Crippen LogP) is 3.95. The summed E-state index contributed by atoms with van der Waals surface area (Å²) in [6.07, 6.45) is 2.00. The van der Waals surface area contributed by atoms with Crippen molar-refractivity contribution in [3.63, 3.8) is 0 Å². The number of nitrogens with zero attached hydrogens (tertiary/aromatic N) is 2. The van der Waals surface area contributed by atoms with Gasteiger partial charge in [-0.25, -0.2) is 9.59 Å². The lowest BCUT2D eigenvalue weighted by Crippen LogP contribution is -2.50. The lowest BCUT2D eigenvalue weighted by atomic mass is 10.0. The molecule has 1 aliphatic rings. The van der Waals surface area contributed by atoms with E-state index >= 15 is 0 Å². The number of carbonyl (C=O) groups is 2. The second-order valence-electron chi connectivity index (χ2n) is 7.11. The van der Waals surface area contributed by atoms with Gasteiger partial charge in [0.05, 0.1) is 12.7 Å². The highest BCUT2D eigenvalue weighted by atomic mass is 16.5. The number of aryl methyl sites for hydroxylation is 2. The van der Waals surface area contributed by atoms with Crippen LogP contribution in [0.5, 0.6) is 0 Å². The summed E-state index contributed by atoms with van der Waals surface area (Å²) >= 11 is 0. The van der Waals surface area contributed by atoms with Crippen molar-refractivity contribution in [2.24, 2.45) is 0 Å². The molecule has 1 heterocycles. The van der Waals surface area contributed by atoms with Gasteiger partial charge in [0.25, 0.3) is 0 Å². The van der Waals surface area contributed by atoms with Crippen molar-refractivity contribution in [3.05, 3.63) is 59.2 Å². The van der Waals surface area contributed by atoms with Gasteiger partial charge in [-0.05, 0) is 42.2 Å². The highest BCUT2D eigenvalue weighted by Gasteiger charge is 2.24. The first-order valence-electron chi connectivity index (χ1n) is 10.2. The maximum absolute atomic E-state index is 12.7. The van der Waals surface area contributed by atoms with Crippen molar-refractivity contribution in [1.29, 1.82) is 0 Å². The molecule has 1 aliphatic heterocycles. The van der Waals surface area contributed by atoms with Crippen molar-refractivity contribution >= 4 is 23.4 Å². The van der Waals surface area contributed by atoms with Gasteiger partial charge < -0.3 is 19.9 Å². The van der Waals surface area contributed by atoms with Crippen LogP contribution in [0.15, 0.2) is 42.5 Å². The van der Waals surface area contributed by atoms with Crippen LogP contribution in [0, 0.1) is 0 Å². The number of urea groups is 1. The summed E-state index contributed by atoms with van der Waals surface area (Å²) in [5.41, 5.74) is 5.07. The second-order valence-corrected chi connectivity index (χ2v) is 7.11. The summed E-state index contributed by atoms with van der Waals surface area (Å²) in [7, 11) is 1.34. The van der Waals surface area contributed by atoms with Gasteiger partial charge in [0.2, 0.25) is 0 Å². The van der Waals surface area contributed by atoms with E-state index in [2.05, 4.69) is 42.3 Å². The SMILES string of the molecule is CCc1cccc(CC)c1N1CCN(C(=O)Nc2cccc(C(=O)OC)c2)CC1. The third kappa shape index (κ3) is 4.70. The molecule has 1 fully saturated rings. The first-order chi connectivity index (χ1) is 14.1. The summed E-state index contributed by atoms with van der Waals surface area (Å²) < 4.78 is 4.74. The molecule has 154 valence electrons. The number of hydrogen-bond acceptors (Lipinski definition) is 4. The Morgan fingerprint density at radius 1 is 0.966 bits per heavy atom. The molecule has 2 aromatic rings. The van der Waals surface area contributed by atoms with E-state index in [4.69, 9.17) is 4.74 Å². The number of benzene rings is 2. The fourth-order valence-electron chi connectivity index (χ4n) is 3.80. The van der Waals surface area contributed by atoms with Crippen LogP contribution in [-0.4, -0.2) is 50.2 Å². The van der Waals surface area contributed by atoms with Crippen LogP contribution in [0.3, 0.4) is 0 Å². The molecule has 0 spiro atoms. The molecule has 29 heavy (non-hydrogen) atoms. The van der Waals surface area contributed by atoms with Crippen LogP contribution in [-0.2, 0) is 17.6 Å². The first-order valence-corrected chi connectivity index (χ1v) is 10.2. The number of para-hydroxylation sites is 1. The number of esters is 1. The molecule has 2 amide bonds. The fourth-order valence-corrected chi connectivity index (χ4v) is 3.80. The Kier molecular flexibility index (Phi) is 6.75. The molecule has 0 radical (unpaired) electrons. The normalized spacial score (nSPS) is 13.9. The summed E-state index contributed by atoms with van der Waals surface area (Å²) in [6, 6.07) is 13.2. The largest absolute Gasteiger partial charge is 0.465 e. The Morgan fingerprint density at radius 3 is 2.17 bits per heavy atom. The smallest absolute Gasteiger partial charge is 0.337 e. The van der Waals surface area contributed by atoms with Crippen molar-refractivity contribution in [1.82, 2.24) is 4.90 Å².